The topological polar surface area (TPSA) is 58.4 Å². The lowest BCUT2D eigenvalue weighted by atomic mass is 10.1. The molecule has 0 fully saturated rings. The molecule has 0 heterocycles. The van der Waals surface area contributed by atoms with Gasteiger partial charge in [0.1, 0.15) is 0 Å². The smallest absolute Gasteiger partial charge is 0.322 e. The summed E-state index contributed by atoms with van der Waals surface area (Å²) in [5.74, 6) is 0. The van der Waals surface area contributed by atoms with E-state index in [1.165, 1.54) is 0 Å². The van der Waals surface area contributed by atoms with Gasteiger partial charge in [0, 0.05) is 11.4 Å². The first-order valence-corrected chi connectivity index (χ1v) is 7.23. The molecule has 2 aromatic carbocycles. The number of hydrogen-bond acceptors (Lipinski definition) is 2. The van der Waals surface area contributed by atoms with Gasteiger partial charge in [0.25, 0.3) is 0 Å². The highest BCUT2D eigenvalue weighted by Crippen LogP contribution is 2.23. The highest BCUT2D eigenvalue weighted by molar-refractivity contribution is 7.80. The normalized spacial score (nSPS) is 10.6. The molecule has 21 heavy (non-hydrogen) atoms. The van der Waals surface area contributed by atoms with E-state index in [4.69, 9.17) is 18.0 Å². The van der Waals surface area contributed by atoms with Crippen LogP contribution >= 0.6 is 12.2 Å². The number of fused-ring (bicyclic) bond motifs is 1. The van der Waals surface area contributed by atoms with Crippen LogP contribution in [-0.2, 0) is 0 Å². The van der Waals surface area contributed by atoms with Crippen LogP contribution in [0.25, 0.3) is 10.8 Å². The zero-order chi connectivity index (χ0) is 15.4. The molecule has 0 atom stereocenters. The second-order valence-electron chi connectivity index (χ2n) is 5.14. The van der Waals surface area contributed by atoms with Gasteiger partial charge in [-0.3, -0.25) is 0 Å². The van der Waals surface area contributed by atoms with Crippen molar-refractivity contribution in [3.63, 3.8) is 0 Å². The van der Waals surface area contributed by atoms with Crippen molar-refractivity contribution >= 4 is 39.7 Å². The first kappa shape index (κ1) is 15.3. The first-order chi connectivity index (χ1) is 9.99. The summed E-state index contributed by atoms with van der Waals surface area (Å²) in [5, 5.41) is 5.03. The van der Waals surface area contributed by atoms with Gasteiger partial charge in [-0.1, -0.05) is 48.6 Å². The van der Waals surface area contributed by atoms with Crippen molar-refractivity contribution in [2.45, 2.75) is 19.9 Å². The van der Waals surface area contributed by atoms with Crippen LogP contribution in [0.3, 0.4) is 0 Å². The minimum atomic E-state index is -0.200. The summed E-state index contributed by atoms with van der Waals surface area (Å²) in [7, 11) is 0. The third-order valence-electron chi connectivity index (χ3n) is 3.24. The standard InChI is InChI=1S/C16H19N3OS/c1-11(2)19(10-15(17)21)16(20)18-14-9-5-7-12-6-3-4-8-13(12)14/h3-9,11H,10H2,1-2H3,(H2,17,21)(H,18,20). The number of rotatable bonds is 4. The lowest BCUT2D eigenvalue weighted by molar-refractivity contribution is 0.206. The summed E-state index contributed by atoms with van der Waals surface area (Å²) in [6.45, 7) is 4.13. The molecule has 0 aliphatic carbocycles. The molecule has 0 spiro atoms. The number of amides is 2. The van der Waals surface area contributed by atoms with Gasteiger partial charge in [-0.05, 0) is 25.3 Å². The zero-order valence-electron chi connectivity index (χ0n) is 12.2. The van der Waals surface area contributed by atoms with E-state index in [0.717, 1.165) is 16.5 Å². The van der Waals surface area contributed by atoms with Gasteiger partial charge < -0.3 is 16.0 Å². The molecule has 0 bridgehead atoms. The molecular weight excluding hydrogens is 282 g/mol. The molecule has 110 valence electrons. The molecule has 3 N–H and O–H groups in total. The second kappa shape index (κ2) is 6.54. The van der Waals surface area contributed by atoms with Crippen LogP contribution in [0.15, 0.2) is 42.5 Å². The van der Waals surface area contributed by atoms with Crippen LogP contribution in [0.5, 0.6) is 0 Å². The van der Waals surface area contributed by atoms with E-state index in [9.17, 15) is 4.79 Å². The van der Waals surface area contributed by atoms with E-state index < -0.39 is 0 Å². The molecule has 5 heteroatoms. The number of nitrogens with two attached hydrogens (primary N) is 1. The lowest BCUT2D eigenvalue weighted by Gasteiger charge is -2.26. The van der Waals surface area contributed by atoms with Crippen molar-refractivity contribution in [1.82, 2.24) is 4.90 Å². The Balaban J connectivity index is 2.26. The van der Waals surface area contributed by atoms with Crippen LogP contribution < -0.4 is 11.1 Å². The fraction of sp³-hybridized carbons (Fsp3) is 0.250. The molecule has 4 nitrogen and oxygen atoms in total. The Labute approximate surface area is 129 Å². The Morgan fingerprint density at radius 1 is 1.24 bits per heavy atom. The summed E-state index contributed by atoms with van der Waals surface area (Å²) < 4.78 is 0. The third kappa shape index (κ3) is 3.70. The number of urea groups is 1. The molecule has 0 aliphatic heterocycles. The highest BCUT2D eigenvalue weighted by atomic mass is 32.1. The van der Waals surface area contributed by atoms with Crippen LogP contribution in [0.1, 0.15) is 13.8 Å². The Morgan fingerprint density at radius 2 is 1.90 bits per heavy atom. The van der Waals surface area contributed by atoms with Crippen molar-refractivity contribution in [3.8, 4) is 0 Å². The summed E-state index contributed by atoms with van der Waals surface area (Å²) in [4.78, 5) is 14.4. The number of nitrogens with one attached hydrogen (secondary N) is 1. The molecule has 2 aromatic rings. The highest BCUT2D eigenvalue weighted by Gasteiger charge is 2.18. The van der Waals surface area contributed by atoms with Gasteiger partial charge >= 0.3 is 6.03 Å². The summed E-state index contributed by atoms with van der Waals surface area (Å²) in [6, 6.07) is 13.6. The fourth-order valence-electron chi connectivity index (χ4n) is 2.18. The Hall–Kier alpha value is -2.14. The van der Waals surface area contributed by atoms with Crippen LogP contribution in [-0.4, -0.2) is 28.5 Å². The maximum atomic E-state index is 12.4. The average molecular weight is 301 g/mol. The Bertz CT molecular complexity index is 664. The van der Waals surface area contributed by atoms with Crippen LogP contribution in [0, 0.1) is 0 Å². The zero-order valence-corrected chi connectivity index (χ0v) is 13.0. The maximum absolute atomic E-state index is 12.4. The van der Waals surface area contributed by atoms with Gasteiger partial charge in [-0.25, -0.2) is 4.79 Å². The molecule has 0 radical (unpaired) electrons. The second-order valence-corrected chi connectivity index (χ2v) is 5.67. The van der Waals surface area contributed by atoms with E-state index in [1.807, 2.05) is 56.3 Å². The van der Waals surface area contributed by atoms with Crippen LogP contribution in [0.2, 0.25) is 0 Å². The molecule has 0 saturated carbocycles. The first-order valence-electron chi connectivity index (χ1n) is 6.82. The minimum Gasteiger partial charge on any atom is -0.392 e. The Kier molecular flexibility index (Phi) is 4.75. The number of hydrogen-bond donors (Lipinski definition) is 2. The van der Waals surface area contributed by atoms with Crippen molar-refractivity contribution in [2.24, 2.45) is 5.73 Å². The molecule has 0 saturated heterocycles. The number of carbonyl (C=O) groups excluding carboxylic acids is 1. The lowest BCUT2D eigenvalue weighted by Crippen LogP contribution is -2.44. The largest absolute Gasteiger partial charge is 0.392 e. The molecule has 0 unspecified atom stereocenters. The fourth-order valence-corrected chi connectivity index (χ4v) is 2.32. The average Bonchev–Trinajstić information content (AvgIpc) is 2.44. The minimum absolute atomic E-state index is 0.0153. The van der Waals surface area contributed by atoms with Crippen molar-refractivity contribution in [3.05, 3.63) is 42.5 Å². The number of benzene rings is 2. The van der Waals surface area contributed by atoms with Crippen LogP contribution in [0.4, 0.5) is 10.5 Å². The molecule has 0 aromatic heterocycles. The molecule has 2 amide bonds. The van der Waals surface area contributed by atoms with E-state index in [1.54, 1.807) is 4.90 Å². The predicted molar refractivity (Wildman–Crippen MR) is 91.6 cm³/mol. The van der Waals surface area contributed by atoms with E-state index in [-0.39, 0.29) is 18.6 Å². The van der Waals surface area contributed by atoms with E-state index in [0.29, 0.717) is 4.99 Å². The van der Waals surface area contributed by atoms with Gasteiger partial charge in [-0.15, -0.1) is 0 Å². The van der Waals surface area contributed by atoms with E-state index >= 15 is 0 Å². The summed E-state index contributed by atoms with van der Waals surface area (Å²) in [5.41, 5.74) is 6.35. The van der Waals surface area contributed by atoms with Crippen molar-refractivity contribution in [2.75, 3.05) is 11.9 Å². The number of carbonyl (C=O) groups is 1. The SMILES string of the molecule is CC(C)N(CC(N)=S)C(=O)Nc1cccc2ccccc12. The maximum Gasteiger partial charge on any atom is 0.322 e. The van der Waals surface area contributed by atoms with Gasteiger partial charge in [0.05, 0.1) is 17.2 Å². The van der Waals surface area contributed by atoms with Crippen molar-refractivity contribution in [1.29, 1.82) is 0 Å². The molecular formula is C16H19N3OS. The third-order valence-corrected chi connectivity index (χ3v) is 3.37. The van der Waals surface area contributed by atoms with Gasteiger partial charge in [0.2, 0.25) is 0 Å². The Morgan fingerprint density at radius 3 is 2.57 bits per heavy atom. The predicted octanol–water partition coefficient (Wildman–Crippen LogP) is 3.37. The van der Waals surface area contributed by atoms with E-state index in [2.05, 4.69) is 5.32 Å². The van der Waals surface area contributed by atoms with Gasteiger partial charge in [0.15, 0.2) is 0 Å². The number of anilines is 1. The van der Waals surface area contributed by atoms with Gasteiger partial charge in [-0.2, -0.15) is 0 Å². The number of nitrogens with zero attached hydrogens (tertiary/aromatic N) is 1. The summed E-state index contributed by atoms with van der Waals surface area (Å²) in [6.07, 6.45) is 0. The quantitative estimate of drug-likeness (QED) is 0.851. The summed E-state index contributed by atoms with van der Waals surface area (Å²) >= 11 is 4.91. The molecule has 0 aliphatic rings. The van der Waals surface area contributed by atoms with Crippen molar-refractivity contribution < 1.29 is 4.79 Å². The monoisotopic (exact) mass is 301 g/mol. The number of thiocarbonyl (C=S) groups is 1. The molecule has 2 rings (SSSR count).